The highest BCUT2D eigenvalue weighted by molar-refractivity contribution is 6.05. The zero-order chi connectivity index (χ0) is 39.4. The Bertz CT molecular complexity index is 3150. The van der Waals surface area contributed by atoms with E-state index in [4.69, 9.17) is 8.83 Å². The summed E-state index contributed by atoms with van der Waals surface area (Å²) >= 11 is 0. The molecule has 4 heterocycles. The molecule has 0 aliphatic heterocycles. The van der Waals surface area contributed by atoms with Crippen LogP contribution in [0.25, 0.3) is 73.2 Å². The first kappa shape index (κ1) is 34.5. The number of rotatable bonds is 6. The summed E-state index contributed by atoms with van der Waals surface area (Å²) in [6.45, 7) is 6.33. The fraction of sp³-hybridized carbons (Fsp3) is 0.241. The molecule has 288 valence electrons. The topological polar surface area (TPSA) is 59.9 Å². The van der Waals surface area contributed by atoms with Crippen molar-refractivity contribution in [2.45, 2.75) is 84.0 Å². The second kappa shape index (κ2) is 13.3. The predicted octanol–water partition coefficient (Wildman–Crippen LogP) is 13.3. The number of nitrogens with zero attached hydrogens (tertiary/aromatic N) is 3. The van der Waals surface area contributed by atoms with Crippen molar-refractivity contribution in [3.63, 3.8) is 0 Å². The minimum Gasteiger partial charge on any atom is -0.461 e. The van der Waals surface area contributed by atoms with Crippen molar-refractivity contribution in [3.8, 4) is 34.0 Å². The number of para-hydroxylation sites is 2. The van der Waals surface area contributed by atoms with Crippen LogP contribution in [0.2, 0.25) is 0 Å². The SMILES string of the molecule is C=C(C)CCc1ccc(C2=C(n3c4c(c5c3CCc3oc6ccccc6c3-5)CCC=C4)CCC=C2)c(-n2c3c(c4ccccc42)-c2c(oc4c2CCC=C4)CC3)c1C#N. The molecule has 5 nitrogen and oxygen atoms in total. The van der Waals surface area contributed by atoms with Crippen LogP contribution in [0.1, 0.15) is 101 Å². The fourth-order valence-corrected chi connectivity index (χ4v) is 11.2. The normalized spacial score (nSPS) is 16.1. The summed E-state index contributed by atoms with van der Waals surface area (Å²) in [5.41, 5.74) is 21.6. The third-order valence-electron chi connectivity index (χ3n) is 13.6. The molecule has 5 aliphatic carbocycles. The molecule has 0 fully saturated rings. The van der Waals surface area contributed by atoms with Crippen molar-refractivity contribution in [1.82, 2.24) is 9.13 Å². The van der Waals surface area contributed by atoms with Crippen LogP contribution in [0.3, 0.4) is 0 Å². The second-order valence-electron chi connectivity index (χ2n) is 17.1. The summed E-state index contributed by atoms with van der Waals surface area (Å²) in [4.78, 5) is 0. The Labute approximate surface area is 344 Å². The van der Waals surface area contributed by atoms with Crippen molar-refractivity contribution >= 4 is 45.3 Å². The first-order valence-corrected chi connectivity index (χ1v) is 21.6. The van der Waals surface area contributed by atoms with E-state index in [0.717, 1.165) is 133 Å². The number of aryl methyl sites for hydroxylation is 3. The van der Waals surface area contributed by atoms with Gasteiger partial charge < -0.3 is 18.0 Å². The van der Waals surface area contributed by atoms with E-state index < -0.39 is 0 Å². The quantitative estimate of drug-likeness (QED) is 0.158. The van der Waals surface area contributed by atoms with Gasteiger partial charge in [0.1, 0.15) is 28.9 Å². The summed E-state index contributed by atoms with van der Waals surface area (Å²) in [6, 6.07) is 24.8. The monoisotopic (exact) mass is 767 g/mol. The maximum Gasteiger partial charge on any atom is 0.134 e. The van der Waals surface area contributed by atoms with Gasteiger partial charge in [0.25, 0.3) is 0 Å². The van der Waals surface area contributed by atoms with Crippen LogP contribution in [0.15, 0.2) is 106 Å². The molecule has 59 heavy (non-hydrogen) atoms. The smallest absolute Gasteiger partial charge is 0.134 e. The van der Waals surface area contributed by atoms with E-state index in [1.54, 1.807) is 0 Å². The zero-order valence-electron chi connectivity index (χ0n) is 33.6. The van der Waals surface area contributed by atoms with Gasteiger partial charge in [-0.15, -0.1) is 6.58 Å². The maximum atomic E-state index is 11.4. The lowest BCUT2D eigenvalue weighted by Crippen LogP contribution is -2.15. The summed E-state index contributed by atoms with van der Waals surface area (Å²) in [6.07, 6.45) is 24.8. The van der Waals surface area contributed by atoms with E-state index in [0.29, 0.717) is 0 Å². The number of benzene rings is 3. The van der Waals surface area contributed by atoms with Gasteiger partial charge in [-0.25, -0.2) is 0 Å². The average Bonchev–Trinajstić information content (AvgIpc) is 4.02. The van der Waals surface area contributed by atoms with Crippen LogP contribution in [-0.2, 0) is 44.9 Å². The van der Waals surface area contributed by atoms with Gasteiger partial charge in [-0.3, -0.25) is 0 Å². The standard InChI is InChI=1S/C54H45N3O2/c1-32(2)23-24-33-25-26-35(54(40(33)31-55)57-43-20-10-5-15-37(43)51-45(57)28-30-49-53(51)39-17-7-12-22-47(39)59-49)34-13-3-8-18-41(34)56-42-19-9-4-14-36(42)50-44(56)27-29-48-52(50)38-16-6-11-21-46(38)58-48/h3,5-6,9-13,15-16,19-22,25-26H,1,4,7-8,14,17-18,23-24,27-30H2,2H3. The third-order valence-corrected chi connectivity index (χ3v) is 13.6. The summed E-state index contributed by atoms with van der Waals surface area (Å²) in [5.74, 6) is 3.22. The van der Waals surface area contributed by atoms with Crippen LogP contribution in [0.5, 0.6) is 0 Å². The summed E-state index contributed by atoms with van der Waals surface area (Å²) in [7, 11) is 0. The molecule has 0 unspecified atom stereocenters. The molecular weight excluding hydrogens is 723 g/mol. The molecule has 5 heteroatoms. The maximum absolute atomic E-state index is 11.4. The lowest BCUT2D eigenvalue weighted by molar-refractivity contribution is 0.494. The van der Waals surface area contributed by atoms with Gasteiger partial charge in [0, 0.05) is 85.3 Å². The van der Waals surface area contributed by atoms with Gasteiger partial charge in [-0.05, 0) is 107 Å². The van der Waals surface area contributed by atoms with Crippen LogP contribution < -0.4 is 0 Å². The molecule has 0 N–H and O–H groups in total. The molecule has 0 bridgehead atoms. The number of hydrogen-bond donors (Lipinski definition) is 0. The Hall–Kier alpha value is -6.51. The lowest BCUT2D eigenvalue weighted by atomic mass is 9.87. The van der Waals surface area contributed by atoms with Crippen LogP contribution in [-0.4, -0.2) is 9.13 Å². The van der Waals surface area contributed by atoms with E-state index >= 15 is 0 Å². The third kappa shape index (κ3) is 5.02. The molecule has 0 spiro atoms. The molecule has 3 aromatic carbocycles. The highest BCUT2D eigenvalue weighted by Gasteiger charge is 2.36. The van der Waals surface area contributed by atoms with Crippen LogP contribution in [0.4, 0.5) is 0 Å². The summed E-state index contributed by atoms with van der Waals surface area (Å²) < 4.78 is 18.2. The Balaban J connectivity index is 1.16. The number of hydrogen-bond acceptors (Lipinski definition) is 3. The van der Waals surface area contributed by atoms with Crippen molar-refractivity contribution in [3.05, 3.63) is 159 Å². The molecule has 0 atom stereocenters. The Morgan fingerprint density at radius 1 is 0.695 bits per heavy atom. The van der Waals surface area contributed by atoms with Crippen molar-refractivity contribution < 1.29 is 8.83 Å². The van der Waals surface area contributed by atoms with E-state index in [1.807, 2.05) is 0 Å². The number of furan rings is 2. The van der Waals surface area contributed by atoms with E-state index in [2.05, 4.69) is 126 Å². The highest BCUT2D eigenvalue weighted by Crippen LogP contribution is 2.51. The fourth-order valence-electron chi connectivity index (χ4n) is 11.2. The highest BCUT2D eigenvalue weighted by atomic mass is 16.3. The van der Waals surface area contributed by atoms with E-state index in [-0.39, 0.29) is 0 Å². The second-order valence-corrected chi connectivity index (χ2v) is 17.1. The zero-order valence-corrected chi connectivity index (χ0v) is 33.6. The number of aromatic nitrogens is 2. The van der Waals surface area contributed by atoms with Gasteiger partial charge in [0.05, 0.1) is 16.8 Å². The Morgan fingerprint density at radius 3 is 2.27 bits per heavy atom. The van der Waals surface area contributed by atoms with Gasteiger partial charge in [-0.2, -0.15) is 5.26 Å². The molecule has 0 amide bonds. The molecule has 0 radical (unpaired) electrons. The average molecular weight is 768 g/mol. The van der Waals surface area contributed by atoms with E-state index in [1.165, 1.54) is 72.5 Å². The molecule has 4 aromatic heterocycles. The molecule has 5 aliphatic rings. The Morgan fingerprint density at radius 2 is 1.42 bits per heavy atom. The van der Waals surface area contributed by atoms with Crippen molar-refractivity contribution in [1.29, 1.82) is 5.26 Å². The largest absolute Gasteiger partial charge is 0.461 e. The van der Waals surface area contributed by atoms with Crippen molar-refractivity contribution in [2.24, 2.45) is 0 Å². The minimum absolute atomic E-state index is 0.757. The number of nitriles is 1. The minimum atomic E-state index is 0.757. The van der Waals surface area contributed by atoms with Crippen molar-refractivity contribution in [2.75, 3.05) is 0 Å². The first-order chi connectivity index (χ1) is 29.1. The molecule has 12 rings (SSSR count). The molecular formula is C54H45N3O2. The van der Waals surface area contributed by atoms with Crippen LogP contribution >= 0.6 is 0 Å². The Kier molecular flexibility index (Phi) is 7.76. The van der Waals surface area contributed by atoms with Crippen LogP contribution in [0, 0.1) is 11.3 Å². The number of allylic oxidation sites excluding steroid dienone is 7. The molecule has 0 saturated heterocycles. The predicted molar refractivity (Wildman–Crippen MR) is 239 cm³/mol. The van der Waals surface area contributed by atoms with Gasteiger partial charge in [0.15, 0.2) is 0 Å². The van der Waals surface area contributed by atoms with Gasteiger partial charge >= 0.3 is 0 Å². The molecule has 7 aromatic rings. The first-order valence-electron chi connectivity index (χ1n) is 21.6. The van der Waals surface area contributed by atoms with Gasteiger partial charge in [0.2, 0.25) is 0 Å². The van der Waals surface area contributed by atoms with E-state index in [9.17, 15) is 5.26 Å². The van der Waals surface area contributed by atoms with Gasteiger partial charge in [-0.1, -0.05) is 78.4 Å². The lowest BCUT2D eigenvalue weighted by Gasteiger charge is -2.27. The molecule has 0 saturated carbocycles. The number of fused-ring (bicyclic) bond motifs is 14. The summed E-state index contributed by atoms with van der Waals surface area (Å²) in [5, 5.41) is 13.8.